The summed E-state index contributed by atoms with van der Waals surface area (Å²) < 4.78 is 59.0. The summed E-state index contributed by atoms with van der Waals surface area (Å²) in [5.41, 5.74) is 0.558. The number of sulfonamides is 2. The Hall–Kier alpha value is -2.31. The molecule has 0 atom stereocenters. The highest BCUT2D eigenvalue weighted by molar-refractivity contribution is 7.89. The molecular formula is C20H25N3O6S2. The van der Waals surface area contributed by atoms with Crippen molar-refractivity contribution in [1.82, 2.24) is 9.03 Å². The van der Waals surface area contributed by atoms with E-state index >= 15 is 0 Å². The van der Waals surface area contributed by atoms with Gasteiger partial charge in [-0.05, 0) is 56.3 Å². The zero-order valence-corrected chi connectivity index (χ0v) is 18.9. The Balaban J connectivity index is 1.74. The highest BCUT2D eigenvalue weighted by Crippen LogP contribution is 2.21. The van der Waals surface area contributed by atoms with Crippen molar-refractivity contribution in [3.63, 3.8) is 0 Å². The number of hydrogen-bond donors (Lipinski definition) is 2. The van der Waals surface area contributed by atoms with Crippen molar-refractivity contribution in [2.75, 3.05) is 31.6 Å². The van der Waals surface area contributed by atoms with Crippen LogP contribution in [0.1, 0.15) is 24.2 Å². The number of rotatable bonds is 7. The SMILES string of the molecule is CC(C)NS(=O)(=O)c1ccc(C(=O)Nc2cccc(S(=O)(=O)N3CCOCC3)c2)cc1. The maximum atomic E-state index is 12.8. The molecular weight excluding hydrogens is 442 g/mol. The molecule has 0 bridgehead atoms. The van der Waals surface area contributed by atoms with Gasteiger partial charge in [0.05, 0.1) is 23.0 Å². The Morgan fingerprint density at radius 2 is 1.61 bits per heavy atom. The number of morpholine rings is 1. The number of carbonyl (C=O) groups is 1. The van der Waals surface area contributed by atoms with Crippen LogP contribution in [0, 0.1) is 0 Å². The molecule has 0 spiro atoms. The quantitative estimate of drug-likeness (QED) is 0.639. The van der Waals surface area contributed by atoms with Gasteiger partial charge >= 0.3 is 0 Å². The maximum absolute atomic E-state index is 12.8. The zero-order valence-electron chi connectivity index (χ0n) is 17.2. The predicted molar refractivity (Wildman–Crippen MR) is 116 cm³/mol. The maximum Gasteiger partial charge on any atom is 0.255 e. The summed E-state index contributed by atoms with van der Waals surface area (Å²) >= 11 is 0. The molecule has 3 rings (SSSR count). The summed E-state index contributed by atoms with van der Waals surface area (Å²) in [4.78, 5) is 12.7. The van der Waals surface area contributed by atoms with E-state index < -0.39 is 26.0 Å². The Morgan fingerprint density at radius 3 is 2.23 bits per heavy atom. The molecule has 0 saturated carbocycles. The van der Waals surface area contributed by atoms with Crippen LogP contribution in [-0.2, 0) is 24.8 Å². The molecule has 31 heavy (non-hydrogen) atoms. The van der Waals surface area contributed by atoms with Crippen LogP contribution < -0.4 is 10.0 Å². The molecule has 2 aromatic rings. The smallest absolute Gasteiger partial charge is 0.255 e. The van der Waals surface area contributed by atoms with Gasteiger partial charge in [0.2, 0.25) is 20.0 Å². The van der Waals surface area contributed by atoms with E-state index in [-0.39, 0.29) is 34.5 Å². The third-order valence-electron chi connectivity index (χ3n) is 4.52. The molecule has 0 aromatic heterocycles. The highest BCUT2D eigenvalue weighted by Gasteiger charge is 2.26. The summed E-state index contributed by atoms with van der Waals surface area (Å²) in [5.74, 6) is -0.485. The third-order valence-corrected chi connectivity index (χ3v) is 8.09. The van der Waals surface area contributed by atoms with Gasteiger partial charge in [-0.25, -0.2) is 21.6 Å². The fourth-order valence-electron chi connectivity index (χ4n) is 3.04. The van der Waals surface area contributed by atoms with E-state index in [4.69, 9.17) is 4.74 Å². The van der Waals surface area contributed by atoms with Crippen molar-refractivity contribution in [3.05, 3.63) is 54.1 Å². The van der Waals surface area contributed by atoms with Crippen LogP contribution in [0.2, 0.25) is 0 Å². The van der Waals surface area contributed by atoms with Crippen molar-refractivity contribution < 1.29 is 26.4 Å². The molecule has 1 aliphatic rings. The molecule has 2 N–H and O–H groups in total. The number of ether oxygens (including phenoxy) is 1. The number of nitrogens with zero attached hydrogens (tertiary/aromatic N) is 1. The number of carbonyl (C=O) groups excluding carboxylic acids is 1. The van der Waals surface area contributed by atoms with Gasteiger partial charge in [0, 0.05) is 30.4 Å². The summed E-state index contributed by atoms with van der Waals surface area (Å²) in [6.45, 7) is 4.67. The van der Waals surface area contributed by atoms with E-state index in [0.29, 0.717) is 18.9 Å². The summed E-state index contributed by atoms with van der Waals surface area (Å²) in [7, 11) is -7.34. The average Bonchev–Trinajstić information content (AvgIpc) is 2.74. The second-order valence-electron chi connectivity index (χ2n) is 7.30. The topological polar surface area (TPSA) is 122 Å². The van der Waals surface area contributed by atoms with E-state index in [1.807, 2.05) is 0 Å². The van der Waals surface area contributed by atoms with Crippen molar-refractivity contribution in [2.45, 2.75) is 29.7 Å². The van der Waals surface area contributed by atoms with Crippen LogP contribution in [-0.4, -0.2) is 59.4 Å². The second-order valence-corrected chi connectivity index (χ2v) is 11.0. The van der Waals surface area contributed by atoms with Gasteiger partial charge in [-0.1, -0.05) is 6.07 Å². The van der Waals surface area contributed by atoms with E-state index in [2.05, 4.69) is 10.0 Å². The lowest BCUT2D eigenvalue weighted by molar-refractivity contribution is 0.0730. The Bertz CT molecular complexity index is 1140. The molecule has 1 heterocycles. The van der Waals surface area contributed by atoms with Gasteiger partial charge in [-0.15, -0.1) is 0 Å². The van der Waals surface area contributed by atoms with Crippen LogP contribution in [0.4, 0.5) is 5.69 Å². The lowest BCUT2D eigenvalue weighted by atomic mass is 10.2. The van der Waals surface area contributed by atoms with Gasteiger partial charge in [0.15, 0.2) is 0 Å². The molecule has 1 saturated heterocycles. The summed E-state index contributed by atoms with van der Waals surface area (Å²) in [6.07, 6.45) is 0. The largest absolute Gasteiger partial charge is 0.379 e. The minimum atomic E-state index is -3.69. The van der Waals surface area contributed by atoms with E-state index in [1.54, 1.807) is 26.0 Å². The molecule has 0 aliphatic carbocycles. The molecule has 1 aliphatic heterocycles. The molecule has 168 valence electrons. The lowest BCUT2D eigenvalue weighted by Crippen LogP contribution is -2.40. The molecule has 0 radical (unpaired) electrons. The third kappa shape index (κ3) is 5.69. The van der Waals surface area contributed by atoms with Gasteiger partial charge in [-0.2, -0.15) is 4.31 Å². The Morgan fingerprint density at radius 1 is 0.968 bits per heavy atom. The Labute approximate surface area is 182 Å². The summed E-state index contributed by atoms with van der Waals surface area (Å²) in [5, 5.41) is 2.65. The van der Waals surface area contributed by atoms with Crippen molar-refractivity contribution >= 4 is 31.6 Å². The van der Waals surface area contributed by atoms with Gasteiger partial charge < -0.3 is 10.1 Å². The number of anilines is 1. The van der Waals surface area contributed by atoms with Crippen molar-refractivity contribution in [2.24, 2.45) is 0 Å². The second kappa shape index (κ2) is 9.45. The predicted octanol–water partition coefficient (Wildman–Crippen LogP) is 1.65. The summed E-state index contributed by atoms with van der Waals surface area (Å²) in [6, 6.07) is 11.2. The zero-order chi connectivity index (χ0) is 22.6. The first-order chi connectivity index (χ1) is 14.6. The van der Waals surface area contributed by atoms with Crippen LogP contribution in [0.15, 0.2) is 58.3 Å². The number of amides is 1. The van der Waals surface area contributed by atoms with Crippen LogP contribution in [0.5, 0.6) is 0 Å². The van der Waals surface area contributed by atoms with Crippen LogP contribution in [0.25, 0.3) is 0 Å². The normalized spacial score (nSPS) is 15.7. The average molecular weight is 468 g/mol. The molecule has 0 unspecified atom stereocenters. The standard InChI is InChI=1S/C20H25N3O6S2/c1-15(2)22-30(25,26)18-8-6-16(7-9-18)20(24)21-17-4-3-5-19(14-17)31(27,28)23-10-12-29-13-11-23/h3-9,14-15,22H,10-13H2,1-2H3,(H,21,24). The monoisotopic (exact) mass is 467 g/mol. The van der Waals surface area contributed by atoms with Gasteiger partial charge in [-0.3, -0.25) is 4.79 Å². The van der Waals surface area contributed by atoms with Crippen LogP contribution >= 0.6 is 0 Å². The van der Waals surface area contributed by atoms with E-state index in [0.717, 1.165) is 0 Å². The lowest BCUT2D eigenvalue weighted by Gasteiger charge is -2.26. The minimum Gasteiger partial charge on any atom is -0.379 e. The molecule has 11 heteroatoms. The Kier molecular flexibility index (Phi) is 7.12. The number of hydrogen-bond acceptors (Lipinski definition) is 6. The molecule has 9 nitrogen and oxygen atoms in total. The van der Waals surface area contributed by atoms with Gasteiger partial charge in [0.1, 0.15) is 0 Å². The number of benzene rings is 2. The molecule has 1 amide bonds. The fourth-order valence-corrected chi connectivity index (χ4v) is 5.74. The minimum absolute atomic E-state index is 0.0522. The first kappa shape index (κ1) is 23.4. The van der Waals surface area contributed by atoms with Crippen molar-refractivity contribution in [3.8, 4) is 0 Å². The molecule has 1 fully saturated rings. The van der Waals surface area contributed by atoms with Crippen molar-refractivity contribution in [1.29, 1.82) is 0 Å². The van der Waals surface area contributed by atoms with Crippen LogP contribution in [0.3, 0.4) is 0 Å². The van der Waals surface area contributed by atoms with E-state index in [1.165, 1.54) is 40.7 Å². The highest BCUT2D eigenvalue weighted by atomic mass is 32.2. The molecule has 2 aromatic carbocycles. The number of nitrogens with one attached hydrogen (secondary N) is 2. The van der Waals surface area contributed by atoms with E-state index in [9.17, 15) is 21.6 Å². The first-order valence-electron chi connectivity index (χ1n) is 9.71. The van der Waals surface area contributed by atoms with Gasteiger partial charge in [0.25, 0.3) is 5.91 Å². The first-order valence-corrected chi connectivity index (χ1v) is 12.6. The fraction of sp³-hybridized carbons (Fsp3) is 0.350.